The van der Waals surface area contributed by atoms with Gasteiger partial charge in [0.15, 0.2) is 45.7 Å². The summed E-state index contributed by atoms with van der Waals surface area (Å²) >= 11 is 2.35. The zero-order chi connectivity index (χ0) is 38.6. The third-order valence-corrected chi connectivity index (χ3v) is 13.2. The standard InChI is InChI=1S/C22H30BN10O15P3S2/c1-52-21-28-15(24)9-17(30-21)32(5-26-9)19-13(36)11(34)7(45-19)3-43-49(23,38)47-51(41,42)48-50(39,40)44-4-8-12(35)14(37)20(46-8)33-6-27-10-16(25)29-22(53-2)31-18(10)33/h5-8,11-14,19-20,34-37H,3-4H2,1-2H3,(H,39,40)(H,41,42)(H2,24,28,30)(H2,25,29,31)/q-1/t7-,8-,11-,12-,13-,14-,19-,20-,49-/m1/s1. The Kier molecular flexibility index (Phi) is 11.7. The third kappa shape index (κ3) is 8.44. The molecule has 2 saturated heterocycles. The van der Waals surface area contributed by atoms with Crippen LogP contribution in [-0.2, 0) is 40.8 Å². The summed E-state index contributed by atoms with van der Waals surface area (Å²) in [5.74, 6) is 0.0832. The number of hydrogen-bond acceptors (Lipinski definition) is 23. The molecule has 0 saturated carbocycles. The number of imidazole rings is 2. The van der Waals surface area contributed by atoms with E-state index in [1.165, 1.54) is 45.3 Å². The molecular weight excluding hydrogens is 812 g/mol. The molecule has 11 atom stereocenters. The van der Waals surface area contributed by atoms with Crippen molar-refractivity contribution >= 4 is 88.2 Å². The lowest BCUT2D eigenvalue weighted by Crippen LogP contribution is -2.33. The smallest absolute Gasteiger partial charge is 0.443 e. The Balaban J connectivity index is 1.04. The van der Waals surface area contributed by atoms with Crippen LogP contribution in [0, 0.1) is 0 Å². The first-order chi connectivity index (χ1) is 24.8. The van der Waals surface area contributed by atoms with Crippen molar-refractivity contribution in [3.8, 4) is 0 Å². The summed E-state index contributed by atoms with van der Waals surface area (Å²) in [7, 11) is -11.2. The summed E-state index contributed by atoms with van der Waals surface area (Å²) in [4.78, 5) is 45.1. The number of fused-ring (bicyclic) bond motifs is 2. The molecule has 0 aliphatic carbocycles. The highest BCUT2D eigenvalue weighted by atomic mass is 32.2. The lowest BCUT2D eigenvalue weighted by Gasteiger charge is -2.29. The van der Waals surface area contributed by atoms with Crippen molar-refractivity contribution in [3.05, 3.63) is 12.7 Å². The van der Waals surface area contributed by atoms with Crippen molar-refractivity contribution in [3.63, 3.8) is 0 Å². The summed E-state index contributed by atoms with van der Waals surface area (Å²) in [5.41, 5.74) is 12.5. The van der Waals surface area contributed by atoms with Crippen molar-refractivity contribution in [2.24, 2.45) is 0 Å². The van der Waals surface area contributed by atoms with Gasteiger partial charge in [0.05, 0.1) is 33.3 Å². The van der Waals surface area contributed by atoms with Gasteiger partial charge < -0.3 is 67.8 Å². The van der Waals surface area contributed by atoms with E-state index < -0.39 is 85.4 Å². The van der Waals surface area contributed by atoms with Gasteiger partial charge in [0.2, 0.25) is 0 Å². The average molecular weight is 842 g/mol. The number of nitrogen functional groups attached to an aromatic ring is 2. The van der Waals surface area contributed by atoms with Gasteiger partial charge in [-0.1, -0.05) is 23.5 Å². The molecule has 4 aromatic rings. The quantitative estimate of drug-likeness (QED) is 0.0328. The predicted molar refractivity (Wildman–Crippen MR) is 182 cm³/mol. The molecule has 2 fully saturated rings. The number of hydrogen-bond donors (Lipinski definition) is 8. The first-order valence-electron chi connectivity index (χ1n) is 14.7. The Bertz CT molecular complexity index is 2010. The number of phosphoric acid groups is 2. The predicted octanol–water partition coefficient (Wildman–Crippen LogP) is -0.943. The second-order valence-electron chi connectivity index (χ2n) is 11.2. The number of ether oxygens (including phenoxy) is 2. The van der Waals surface area contributed by atoms with E-state index in [9.17, 15) is 43.9 Å². The number of aliphatic hydroxyl groups is 4. The van der Waals surface area contributed by atoms with E-state index in [4.69, 9.17) is 33.0 Å². The molecule has 289 valence electrons. The SMILES string of the molecule is [B-][P@@](=O)(OC[C@H]1O[C@@H](n2cnc3c(N)nc(SC)nc32)[C@H](O)[C@@H]1O)OP(=O)(O)OP(=O)(O)OC[C@H]1O[C@@H](n2cnc3c(N)nc(SC)nc32)[C@H](O)[C@@H]1O. The largest absolute Gasteiger partial charge is 0.485 e. The maximum absolute atomic E-state index is 12.8. The average Bonchev–Trinajstić information content (AvgIpc) is 3.83. The van der Waals surface area contributed by atoms with Gasteiger partial charge >= 0.3 is 15.6 Å². The number of nitrogens with two attached hydrogens (primary N) is 2. The number of aromatic nitrogens is 8. The van der Waals surface area contributed by atoms with Crippen LogP contribution in [0.15, 0.2) is 23.0 Å². The molecule has 0 spiro atoms. The van der Waals surface area contributed by atoms with Crippen molar-refractivity contribution in [2.75, 3.05) is 37.2 Å². The van der Waals surface area contributed by atoms with Crippen LogP contribution in [0.1, 0.15) is 12.5 Å². The molecule has 6 rings (SSSR count). The second-order valence-corrected chi connectivity index (χ2v) is 17.5. The minimum Gasteiger partial charge on any atom is -0.443 e. The molecule has 0 bridgehead atoms. The van der Waals surface area contributed by atoms with Crippen LogP contribution in [0.5, 0.6) is 0 Å². The minimum atomic E-state index is -5.83. The minimum absolute atomic E-state index is 0.0378. The summed E-state index contributed by atoms with van der Waals surface area (Å²) in [6.07, 6.45) is -6.53. The summed E-state index contributed by atoms with van der Waals surface area (Å²) in [6, 6.07) is 0. The third-order valence-electron chi connectivity index (χ3n) is 7.69. The Morgan fingerprint density at radius 2 is 1.17 bits per heavy atom. The van der Waals surface area contributed by atoms with E-state index in [2.05, 4.69) is 43.0 Å². The zero-order valence-corrected chi connectivity index (χ0v) is 31.3. The first kappa shape index (κ1) is 40.3. The lowest BCUT2D eigenvalue weighted by atomic mass is 10.1. The molecule has 3 radical (unpaired) electrons. The monoisotopic (exact) mass is 842 g/mol. The van der Waals surface area contributed by atoms with Crippen LogP contribution in [-0.4, -0.2) is 139 Å². The molecule has 6 heterocycles. The molecule has 2 unspecified atom stereocenters. The van der Waals surface area contributed by atoms with Gasteiger partial charge in [0, 0.05) is 0 Å². The molecule has 4 aromatic heterocycles. The molecular formula is C22H30BN10O15P3S2-. The highest BCUT2D eigenvalue weighted by Crippen LogP contribution is 2.67. The Labute approximate surface area is 306 Å². The highest BCUT2D eigenvalue weighted by molar-refractivity contribution is 7.98. The fraction of sp³-hybridized carbons (Fsp3) is 0.545. The summed E-state index contributed by atoms with van der Waals surface area (Å²) in [5, 5.41) is 43.0. The van der Waals surface area contributed by atoms with Gasteiger partial charge in [-0.3, -0.25) is 13.7 Å². The molecule has 0 aromatic carbocycles. The van der Waals surface area contributed by atoms with Crippen LogP contribution in [0.4, 0.5) is 11.6 Å². The fourth-order valence-electron chi connectivity index (χ4n) is 5.26. The van der Waals surface area contributed by atoms with E-state index >= 15 is 0 Å². The van der Waals surface area contributed by atoms with Gasteiger partial charge in [0.1, 0.15) is 47.7 Å². The number of aliphatic hydroxyl groups excluding tert-OH is 4. The van der Waals surface area contributed by atoms with Crippen LogP contribution in [0.25, 0.3) is 22.3 Å². The Hall–Kier alpha value is -2.33. The normalized spacial score (nSPS) is 29.8. The van der Waals surface area contributed by atoms with Gasteiger partial charge in [0.25, 0.3) is 0 Å². The van der Waals surface area contributed by atoms with E-state index in [0.717, 1.165) is 0 Å². The molecule has 10 N–H and O–H groups in total. The number of phosphoric ester groups is 1. The lowest BCUT2D eigenvalue weighted by molar-refractivity contribution is -0.0504. The molecule has 0 amide bonds. The van der Waals surface area contributed by atoms with Crippen molar-refractivity contribution in [1.82, 2.24) is 39.0 Å². The number of rotatable bonds is 14. The summed E-state index contributed by atoms with van der Waals surface area (Å²) < 4.78 is 69.7. The van der Waals surface area contributed by atoms with Gasteiger partial charge in [-0.05, 0) is 12.5 Å². The maximum Gasteiger partial charge on any atom is 0.485 e. The molecule has 53 heavy (non-hydrogen) atoms. The zero-order valence-electron chi connectivity index (χ0n) is 27.0. The van der Waals surface area contributed by atoms with Crippen LogP contribution in [0.3, 0.4) is 0 Å². The Morgan fingerprint density at radius 1 is 0.736 bits per heavy atom. The van der Waals surface area contributed by atoms with E-state index in [0.29, 0.717) is 0 Å². The maximum atomic E-state index is 12.8. The van der Waals surface area contributed by atoms with E-state index in [-0.39, 0.29) is 44.3 Å². The van der Waals surface area contributed by atoms with Gasteiger partial charge in [-0.25, -0.2) is 43.3 Å². The van der Waals surface area contributed by atoms with Crippen LogP contribution in [0.2, 0.25) is 0 Å². The second kappa shape index (κ2) is 15.3. The topological polar surface area (TPSA) is 367 Å². The van der Waals surface area contributed by atoms with E-state index in [1.54, 1.807) is 12.5 Å². The first-order valence-corrected chi connectivity index (χ1v) is 21.8. The molecule has 25 nitrogen and oxygen atoms in total. The Morgan fingerprint density at radius 3 is 1.60 bits per heavy atom. The highest BCUT2D eigenvalue weighted by Gasteiger charge is 2.47. The van der Waals surface area contributed by atoms with Crippen molar-refractivity contribution in [2.45, 2.75) is 59.4 Å². The number of thioether (sulfide) groups is 2. The number of anilines is 2. The van der Waals surface area contributed by atoms with Gasteiger partial charge in [-0.2, -0.15) is 4.31 Å². The van der Waals surface area contributed by atoms with Crippen LogP contribution < -0.4 is 11.5 Å². The van der Waals surface area contributed by atoms with Gasteiger partial charge in [-0.15, -0.1) is 0 Å². The number of nitrogens with zero attached hydrogens (tertiary/aromatic N) is 8. The molecule has 2 aliphatic rings. The van der Waals surface area contributed by atoms with Crippen molar-refractivity contribution < 1.29 is 71.1 Å². The molecule has 31 heteroatoms. The van der Waals surface area contributed by atoms with Crippen molar-refractivity contribution in [1.29, 1.82) is 0 Å². The summed E-state index contributed by atoms with van der Waals surface area (Å²) in [6.45, 7) is -1.90. The van der Waals surface area contributed by atoms with E-state index in [1.807, 2.05) is 0 Å². The van der Waals surface area contributed by atoms with Crippen LogP contribution >= 0.6 is 46.6 Å². The fourth-order valence-corrected chi connectivity index (χ4v) is 9.65. The molecule has 2 aliphatic heterocycles.